The molecule has 5 aromatic rings. The lowest BCUT2D eigenvalue weighted by atomic mass is 9.39. The topological polar surface area (TPSA) is 143 Å². The van der Waals surface area contributed by atoms with Crippen LogP contribution in [0, 0.1) is 30.1 Å². The number of rotatable bonds is 13. The van der Waals surface area contributed by atoms with Crippen molar-refractivity contribution >= 4 is 39.2 Å². The number of aliphatic hydroxyl groups excluding tert-OH is 1. The Labute approximate surface area is 338 Å². The highest BCUT2D eigenvalue weighted by Gasteiger charge is 2.66. The molecule has 4 bridgehead atoms. The summed E-state index contributed by atoms with van der Waals surface area (Å²) in [5, 5.41) is 35.3. The van der Waals surface area contributed by atoms with Gasteiger partial charge in [-0.15, -0.1) is 16.4 Å². The smallest absolute Gasteiger partial charge is 0.355 e. The van der Waals surface area contributed by atoms with Crippen molar-refractivity contribution < 1.29 is 19.7 Å². The molecule has 4 aliphatic carbocycles. The molecule has 2 N–H and O–H groups in total. The normalized spacial score (nSPS) is 26.5. The van der Waals surface area contributed by atoms with Gasteiger partial charge in [0.15, 0.2) is 11.5 Å². The lowest BCUT2D eigenvalue weighted by molar-refractivity contribution is -0.248. The number of hydrogen-bond acceptors (Lipinski definition) is 11. The Balaban J connectivity index is 0.969. The quantitative estimate of drug-likeness (QED) is 0.123. The molecule has 1 aliphatic heterocycles. The highest BCUT2D eigenvalue weighted by Crippen LogP contribution is 2.72. The van der Waals surface area contributed by atoms with Crippen LogP contribution >= 0.6 is 11.3 Å². The van der Waals surface area contributed by atoms with Gasteiger partial charge in [0.25, 0.3) is 0 Å². The summed E-state index contributed by atoms with van der Waals surface area (Å²) in [6.07, 6.45) is 10.9. The predicted molar refractivity (Wildman–Crippen MR) is 221 cm³/mol. The van der Waals surface area contributed by atoms with Crippen LogP contribution in [0.3, 0.4) is 0 Å². The van der Waals surface area contributed by atoms with Crippen LogP contribution in [-0.4, -0.2) is 96.5 Å². The Hall–Kier alpha value is -4.30. The first-order valence-electron chi connectivity index (χ1n) is 20.5. The van der Waals surface area contributed by atoms with E-state index >= 15 is 0 Å². The number of aromatic nitrogens is 6. The Morgan fingerprint density at radius 2 is 1.75 bits per heavy atom. The number of pyridine rings is 1. The lowest BCUT2D eigenvalue weighted by Crippen LogP contribution is -2.64. The number of carbonyl (C=O) groups is 1. The van der Waals surface area contributed by atoms with Crippen molar-refractivity contribution in [2.24, 2.45) is 16.2 Å². The van der Waals surface area contributed by atoms with Crippen LogP contribution in [0.25, 0.3) is 21.3 Å². The highest BCUT2D eigenvalue weighted by atomic mass is 32.1. The average Bonchev–Trinajstić information content (AvgIpc) is 3.72. The number of ether oxygens (including phenoxy) is 1. The van der Waals surface area contributed by atoms with E-state index < -0.39 is 5.97 Å². The largest absolute Gasteiger partial charge is 0.476 e. The molecule has 57 heavy (non-hydrogen) atoms. The molecule has 10 rings (SSSR count). The number of para-hydroxylation sites is 1. The SMILES string of the molecule is Cc1c(Cc2nc3ccccc3s2)nnc2c1CCCN2c1ccc(-c2cnn(CC34CC5(C)CC(C)(C3)CC(OCCN(C)CCO)(C5)C4)c2C)c(C(=O)O)n1. The zero-order valence-corrected chi connectivity index (χ0v) is 34.7. The lowest BCUT2D eigenvalue weighted by Gasteiger charge is -2.69. The van der Waals surface area contributed by atoms with Gasteiger partial charge in [-0.1, -0.05) is 26.0 Å². The van der Waals surface area contributed by atoms with Crippen LogP contribution in [0.15, 0.2) is 42.6 Å². The van der Waals surface area contributed by atoms with Gasteiger partial charge < -0.3 is 24.7 Å². The number of thiazole rings is 1. The first-order valence-corrected chi connectivity index (χ1v) is 21.3. The van der Waals surface area contributed by atoms with Gasteiger partial charge in [0.2, 0.25) is 0 Å². The highest BCUT2D eigenvalue weighted by molar-refractivity contribution is 7.18. The van der Waals surface area contributed by atoms with Crippen molar-refractivity contribution in [3.05, 3.63) is 75.8 Å². The molecular weight excluding hydrogens is 737 g/mol. The molecule has 1 aromatic carbocycles. The number of nitrogens with zero attached hydrogens (tertiary/aromatic N) is 8. The number of benzene rings is 1. The maximum Gasteiger partial charge on any atom is 0.355 e. The van der Waals surface area contributed by atoms with Gasteiger partial charge in [0, 0.05) is 55.0 Å². The van der Waals surface area contributed by atoms with Gasteiger partial charge in [-0.25, -0.2) is 14.8 Å². The summed E-state index contributed by atoms with van der Waals surface area (Å²) in [5.74, 6) is 0.220. The maximum atomic E-state index is 12.9. The van der Waals surface area contributed by atoms with Gasteiger partial charge in [-0.2, -0.15) is 10.2 Å². The van der Waals surface area contributed by atoms with E-state index in [2.05, 4.69) is 48.4 Å². The second kappa shape index (κ2) is 14.2. The van der Waals surface area contributed by atoms with E-state index in [1.165, 1.54) is 6.42 Å². The van der Waals surface area contributed by atoms with E-state index in [-0.39, 0.29) is 34.1 Å². The zero-order valence-electron chi connectivity index (χ0n) is 33.8. The number of aromatic carboxylic acids is 1. The van der Waals surface area contributed by atoms with E-state index in [1.807, 2.05) is 48.5 Å². The van der Waals surface area contributed by atoms with Gasteiger partial charge in [-0.3, -0.25) is 4.68 Å². The Bertz CT molecular complexity index is 2300. The molecule has 12 nitrogen and oxygen atoms in total. The minimum Gasteiger partial charge on any atom is -0.476 e. The average molecular weight is 791 g/mol. The number of carboxylic acid groups (broad SMARTS) is 1. The second-order valence-corrected chi connectivity index (χ2v) is 19.6. The Morgan fingerprint density at radius 1 is 0.965 bits per heavy atom. The summed E-state index contributed by atoms with van der Waals surface area (Å²) in [5.41, 5.74) is 6.74. The maximum absolute atomic E-state index is 12.9. The zero-order chi connectivity index (χ0) is 39.7. The van der Waals surface area contributed by atoms with Crippen LogP contribution in [-0.2, 0) is 24.1 Å². The van der Waals surface area contributed by atoms with Crippen molar-refractivity contribution in [2.75, 3.05) is 44.8 Å². The van der Waals surface area contributed by atoms with Crippen LogP contribution in [0.2, 0.25) is 0 Å². The third kappa shape index (κ3) is 7.04. The summed E-state index contributed by atoms with van der Waals surface area (Å²) >= 11 is 1.69. The van der Waals surface area contributed by atoms with E-state index in [1.54, 1.807) is 11.3 Å². The van der Waals surface area contributed by atoms with Crippen molar-refractivity contribution in [1.82, 2.24) is 34.8 Å². The molecule has 0 radical (unpaired) electrons. The molecule has 0 saturated heterocycles. The van der Waals surface area contributed by atoms with E-state index in [0.29, 0.717) is 37.5 Å². The molecule has 4 saturated carbocycles. The Morgan fingerprint density at radius 3 is 2.51 bits per heavy atom. The number of hydrogen-bond donors (Lipinski definition) is 2. The van der Waals surface area contributed by atoms with Crippen LogP contribution in [0.4, 0.5) is 11.6 Å². The summed E-state index contributed by atoms with van der Waals surface area (Å²) < 4.78 is 10.2. The molecule has 2 atom stereocenters. The number of aliphatic hydroxyl groups is 1. The number of fused-ring (bicyclic) bond motifs is 2. The third-order valence-electron chi connectivity index (χ3n) is 13.4. The van der Waals surface area contributed by atoms with E-state index in [4.69, 9.17) is 24.9 Å². The summed E-state index contributed by atoms with van der Waals surface area (Å²) in [4.78, 5) is 26.7. The number of likely N-dealkylation sites (N-methyl/N-ethyl adjacent to an activating group) is 1. The fraction of sp³-hybridized carbons (Fsp3) is 0.545. The molecule has 4 aromatic heterocycles. The number of anilines is 2. The van der Waals surface area contributed by atoms with E-state index in [0.717, 1.165) is 107 Å². The van der Waals surface area contributed by atoms with Crippen molar-refractivity contribution in [3.8, 4) is 11.1 Å². The number of carboxylic acids is 1. The molecule has 0 spiro atoms. The van der Waals surface area contributed by atoms with Crippen molar-refractivity contribution in [2.45, 2.75) is 97.6 Å². The summed E-state index contributed by atoms with van der Waals surface area (Å²) in [7, 11) is 2.03. The van der Waals surface area contributed by atoms with Crippen LogP contribution in [0.1, 0.15) is 96.8 Å². The second-order valence-electron chi connectivity index (χ2n) is 18.5. The monoisotopic (exact) mass is 790 g/mol. The first kappa shape index (κ1) is 38.2. The minimum atomic E-state index is -1.07. The fourth-order valence-electron chi connectivity index (χ4n) is 12.2. The molecule has 0 amide bonds. The molecule has 5 heterocycles. The van der Waals surface area contributed by atoms with Crippen LogP contribution in [0.5, 0.6) is 0 Å². The van der Waals surface area contributed by atoms with Crippen molar-refractivity contribution in [3.63, 3.8) is 0 Å². The minimum absolute atomic E-state index is 0.00718. The molecule has 13 heteroatoms. The van der Waals surface area contributed by atoms with Gasteiger partial charge in [0.1, 0.15) is 5.82 Å². The Kier molecular flexibility index (Phi) is 9.53. The van der Waals surface area contributed by atoms with Crippen LogP contribution < -0.4 is 4.90 Å². The molecule has 300 valence electrons. The molecule has 2 unspecified atom stereocenters. The third-order valence-corrected chi connectivity index (χ3v) is 14.4. The summed E-state index contributed by atoms with van der Waals surface area (Å²) in [6, 6.07) is 12.0. The summed E-state index contributed by atoms with van der Waals surface area (Å²) in [6.45, 7) is 12.8. The fourth-order valence-corrected chi connectivity index (χ4v) is 13.1. The molecular formula is C44H54N8O4S. The first-order chi connectivity index (χ1) is 27.3. The van der Waals surface area contributed by atoms with Gasteiger partial charge >= 0.3 is 5.97 Å². The van der Waals surface area contributed by atoms with Crippen molar-refractivity contribution in [1.29, 1.82) is 0 Å². The predicted octanol–water partition coefficient (Wildman–Crippen LogP) is 7.39. The standard InChI is InChI=1S/C44H54N8O4S/c1-28-30-9-8-14-51(39(30)49-48-34(28)19-37-46-33-10-6-7-11-35(33)57-37)36-13-12-31(38(47-36)40(54)55)32-20-45-52(29(32)2)27-43-22-41(3)21-42(4,23-43)25-44(24-41,26-43)56-18-16-50(5)15-17-53/h6-7,10-13,20,53H,8-9,14-19,21-27H2,1-5H3,(H,54,55). The van der Waals surface area contributed by atoms with Gasteiger partial charge in [0.05, 0.1) is 45.9 Å². The molecule has 5 aliphatic rings. The van der Waals surface area contributed by atoms with Gasteiger partial charge in [-0.05, 0) is 118 Å². The van der Waals surface area contributed by atoms with E-state index in [9.17, 15) is 15.0 Å². The molecule has 4 fully saturated rings.